The maximum Gasteiger partial charge on any atom is 0.418 e. The molecule has 1 aromatic carbocycles. The van der Waals surface area contributed by atoms with E-state index < -0.39 is 11.7 Å². The Kier molecular flexibility index (Phi) is 5.89. The Bertz CT molecular complexity index is 1340. The highest BCUT2D eigenvalue weighted by molar-refractivity contribution is 5.98. The molecule has 4 heterocycles. The molecule has 0 bridgehead atoms. The van der Waals surface area contributed by atoms with Gasteiger partial charge in [-0.2, -0.15) is 13.2 Å². The van der Waals surface area contributed by atoms with E-state index in [2.05, 4.69) is 25.5 Å². The van der Waals surface area contributed by atoms with Crippen LogP contribution in [0.25, 0.3) is 11.0 Å². The molecule has 0 atom stereocenters. The quantitative estimate of drug-likeness (QED) is 0.446. The summed E-state index contributed by atoms with van der Waals surface area (Å²) in [6.07, 6.45) is -0.417. The lowest BCUT2D eigenvalue weighted by Gasteiger charge is -2.35. The zero-order chi connectivity index (χ0) is 25.7. The fourth-order valence-corrected chi connectivity index (χ4v) is 5.39. The Balaban J connectivity index is 1.27. The van der Waals surface area contributed by atoms with E-state index in [1.165, 1.54) is 12.8 Å². The average Bonchev–Trinajstić information content (AvgIpc) is 3.42. The summed E-state index contributed by atoms with van der Waals surface area (Å²) in [5, 5.41) is 6.23. The van der Waals surface area contributed by atoms with Crippen LogP contribution >= 0.6 is 0 Å². The molecule has 2 aromatic heterocycles. The number of alkyl halides is 3. The molecule has 2 fully saturated rings. The van der Waals surface area contributed by atoms with Crippen molar-refractivity contribution in [3.05, 3.63) is 41.1 Å². The van der Waals surface area contributed by atoms with Gasteiger partial charge in [-0.1, -0.05) is 0 Å². The second-order valence-electron chi connectivity index (χ2n) is 9.76. The number of H-pyrrole nitrogens is 1. The summed E-state index contributed by atoms with van der Waals surface area (Å²) in [5.74, 6) is 0.979. The second-order valence-corrected chi connectivity index (χ2v) is 9.76. The van der Waals surface area contributed by atoms with Crippen molar-refractivity contribution in [3.8, 4) is 5.75 Å². The van der Waals surface area contributed by atoms with Gasteiger partial charge in [-0.3, -0.25) is 9.69 Å². The second kappa shape index (κ2) is 9.13. The number of amides is 1. The van der Waals surface area contributed by atoms with E-state index in [0.717, 1.165) is 37.9 Å². The van der Waals surface area contributed by atoms with Gasteiger partial charge in [0.2, 0.25) is 0 Å². The highest BCUT2D eigenvalue weighted by Crippen LogP contribution is 2.41. The van der Waals surface area contributed by atoms with Crippen LogP contribution in [0, 0.1) is 0 Å². The summed E-state index contributed by atoms with van der Waals surface area (Å²) in [7, 11) is 0. The monoisotopic (exact) mass is 514 g/mol. The molecular formula is C26H29F3N6O2. The van der Waals surface area contributed by atoms with Crippen LogP contribution in [-0.2, 0) is 12.6 Å². The van der Waals surface area contributed by atoms with Crippen molar-refractivity contribution in [3.63, 3.8) is 0 Å². The fraction of sp³-hybridized carbons (Fsp3) is 0.462. The lowest BCUT2D eigenvalue weighted by Crippen LogP contribution is -2.49. The van der Waals surface area contributed by atoms with E-state index in [9.17, 15) is 18.0 Å². The number of nitrogens with zero attached hydrogens (tertiary/aromatic N) is 3. The van der Waals surface area contributed by atoms with Gasteiger partial charge in [0.25, 0.3) is 5.91 Å². The van der Waals surface area contributed by atoms with Crippen LogP contribution in [0.1, 0.15) is 41.3 Å². The molecular weight excluding hydrogens is 485 g/mol. The number of piperazine rings is 1. The summed E-state index contributed by atoms with van der Waals surface area (Å²) in [6.45, 7) is 5.99. The zero-order valence-corrected chi connectivity index (χ0v) is 20.5. The van der Waals surface area contributed by atoms with E-state index in [0.29, 0.717) is 54.1 Å². The minimum absolute atomic E-state index is 0.00380. The van der Waals surface area contributed by atoms with Gasteiger partial charge in [-0.25, -0.2) is 4.98 Å². The molecule has 1 saturated carbocycles. The fourth-order valence-electron chi connectivity index (χ4n) is 5.39. The number of nitrogens with one attached hydrogen (secondary N) is 3. The van der Waals surface area contributed by atoms with Crippen molar-refractivity contribution in [2.75, 3.05) is 50.0 Å². The van der Waals surface area contributed by atoms with Crippen molar-refractivity contribution in [2.45, 2.75) is 38.4 Å². The molecule has 11 heteroatoms. The first-order valence-corrected chi connectivity index (χ1v) is 12.8. The third-order valence-electron chi connectivity index (χ3n) is 7.33. The number of halogens is 3. The first-order valence-electron chi connectivity index (χ1n) is 12.8. The first-order chi connectivity index (χ1) is 17.8. The summed E-state index contributed by atoms with van der Waals surface area (Å²) in [4.78, 5) is 24.8. The van der Waals surface area contributed by atoms with Gasteiger partial charge < -0.3 is 25.3 Å². The van der Waals surface area contributed by atoms with E-state index >= 15 is 0 Å². The van der Waals surface area contributed by atoms with Crippen LogP contribution in [0.2, 0.25) is 0 Å². The Labute approximate surface area is 212 Å². The van der Waals surface area contributed by atoms with Crippen LogP contribution in [0.3, 0.4) is 0 Å². The topological polar surface area (TPSA) is 85.5 Å². The molecule has 3 aliphatic rings. The number of rotatable bonds is 6. The number of benzene rings is 1. The molecule has 0 spiro atoms. The van der Waals surface area contributed by atoms with Crippen LogP contribution in [-0.4, -0.2) is 71.0 Å². The number of anilines is 3. The number of carbonyl (C=O) groups is 1. The number of hydrogen-bond acceptors (Lipinski definition) is 6. The Hall–Kier alpha value is -3.47. The summed E-state index contributed by atoms with van der Waals surface area (Å²) in [5.41, 5.74) is 1.82. The van der Waals surface area contributed by atoms with Gasteiger partial charge in [-0.05, 0) is 31.9 Å². The summed E-state index contributed by atoms with van der Waals surface area (Å²) in [6, 6.07) is 5.86. The predicted octanol–water partition coefficient (Wildman–Crippen LogP) is 4.61. The maximum absolute atomic E-state index is 13.5. The largest absolute Gasteiger partial charge is 0.491 e. The number of aromatic amines is 1. The minimum Gasteiger partial charge on any atom is -0.491 e. The Morgan fingerprint density at radius 3 is 2.68 bits per heavy atom. The van der Waals surface area contributed by atoms with Crippen LogP contribution < -0.4 is 15.4 Å². The standard InChI is InChI=1S/C26H29F3N6O2/c1-2-30-20-13-21(33-24-22(20)18(14-31-24)26(27,28)29)32-19-6-5-17(16-7-12-37-23(16)19)25(36)35-10-8-34(9-11-35)15-3-4-15/h5-6,13-15H,2-4,7-12H2,1H3,(H3,30,31,32,33). The van der Waals surface area contributed by atoms with E-state index in [1.54, 1.807) is 12.1 Å². The molecule has 0 unspecified atom stereocenters. The molecule has 1 aliphatic carbocycles. The predicted molar refractivity (Wildman–Crippen MR) is 135 cm³/mol. The smallest absolute Gasteiger partial charge is 0.418 e. The molecule has 3 N–H and O–H groups in total. The van der Waals surface area contributed by atoms with Crippen LogP contribution in [0.5, 0.6) is 5.75 Å². The van der Waals surface area contributed by atoms with Gasteiger partial charge in [-0.15, -0.1) is 0 Å². The van der Waals surface area contributed by atoms with Gasteiger partial charge in [0, 0.05) is 74.3 Å². The van der Waals surface area contributed by atoms with Crippen molar-refractivity contribution < 1.29 is 22.7 Å². The first kappa shape index (κ1) is 23.9. The number of aromatic nitrogens is 2. The number of hydrogen-bond donors (Lipinski definition) is 3. The Morgan fingerprint density at radius 2 is 1.97 bits per heavy atom. The molecule has 1 amide bonds. The zero-order valence-electron chi connectivity index (χ0n) is 20.5. The highest BCUT2D eigenvalue weighted by atomic mass is 19.4. The van der Waals surface area contributed by atoms with Gasteiger partial charge in [0.1, 0.15) is 17.2 Å². The molecule has 8 nitrogen and oxygen atoms in total. The number of pyridine rings is 1. The SMILES string of the molecule is CCNc1cc(Nc2ccc(C(=O)N3CCN(C4CC4)CC3)c3c2OCC3)nc2[nH]cc(C(F)(F)F)c12. The Morgan fingerprint density at radius 1 is 1.19 bits per heavy atom. The van der Waals surface area contributed by atoms with Crippen molar-refractivity contribution >= 4 is 34.1 Å². The third-order valence-corrected chi connectivity index (χ3v) is 7.33. The summed E-state index contributed by atoms with van der Waals surface area (Å²) >= 11 is 0. The van der Waals surface area contributed by atoms with E-state index in [1.807, 2.05) is 17.9 Å². The maximum atomic E-state index is 13.5. The van der Waals surface area contributed by atoms with Crippen molar-refractivity contribution in [1.82, 2.24) is 19.8 Å². The normalized spacial score (nSPS) is 18.1. The van der Waals surface area contributed by atoms with Gasteiger partial charge >= 0.3 is 6.18 Å². The lowest BCUT2D eigenvalue weighted by atomic mass is 10.0. The molecule has 3 aromatic rings. The third kappa shape index (κ3) is 4.45. The van der Waals surface area contributed by atoms with E-state index in [-0.39, 0.29) is 16.9 Å². The molecule has 37 heavy (non-hydrogen) atoms. The molecule has 6 rings (SSSR count). The molecule has 1 saturated heterocycles. The number of carbonyl (C=O) groups excluding carboxylic acids is 1. The van der Waals surface area contributed by atoms with Crippen molar-refractivity contribution in [2.24, 2.45) is 0 Å². The molecule has 0 radical (unpaired) electrons. The van der Waals surface area contributed by atoms with Crippen LogP contribution in [0.4, 0.5) is 30.4 Å². The van der Waals surface area contributed by atoms with Gasteiger partial charge in [0.05, 0.1) is 23.2 Å². The lowest BCUT2D eigenvalue weighted by molar-refractivity contribution is -0.136. The highest BCUT2D eigenvalue weighted by Gasteiger charge is 2.36. The average molecular weight is 515 g/mol. The number of ether oxygens (including phenoxy) is 1. The minimum atomic E-state index is -4.50. The van der Waals surface area contributed by atoms with E-state index in [4.69, 9.17) is 4.74 Å². The van der Waals surface area contributed by atoms with Crippen molar-refractivity contribution in [1.29, 1.82) is 0 Å². The van der Waals surface area contributed by atoms with Gasteiger partial charge in [0.15, 0.2) is 0 Å². The number of fused-ring (bicyclic) bond motifs is 2. The summed E-state index contributed by atoms with van der Waals surface area (Å²) < 4.78 is 46.5. The van der Waals surface area contributed by atoms with Crippen LogP contribution in [0.15, 0.2) is 24.4 Å². The molecule has 196 valence electrons. The molecule has 2 aliphatic heterocycles.